The van der Waals surface area contributed by atoms with Crippen molar-refractivity contribution in [2.24, 2.45) is 0 Å². The molecule has 0 saturated carbocycles. The quantitative estimate of drug-likeness (QED) is 0.642. The van der Waals surface area contributed by atoms with Crippen LogP contribution in [0.25, 0.3) is 11.4 Å². The number of nitrogens with zero attached hydrogens (tertiary/aromatic N) is 3. The minimum Gasteiger partial charge on any atom is -0.339 e. The predicted octanol–water partition coefficient (Wildman–Crippen LogP) is 4.58. The van der Waals surface area contributed by atoms with E-state index >= 15 is 0 Å². The summed E-state index contributed by atoms with van der Waals surface area (Å²) in [5.41, 5.74) is 1.89. The van der Waals surface area contributed by atoms with Gasteiger partial charge in [0.2, 0.25) is 17.6 Å². The van der Waals surface area contributed by atoms with Crippen LogP contribution >= 0.6 is 0 Å². The Balaban J connectivity index is 1.47. The van der Waals surface area contributed by atoms with Gasteiger partial charge in [0.1, 0.15) is 0 Å². The van der Waals surface area contributed by atoms with E-state index in [1.807, 2.05) is 31.2 Å². The van der Waals surface area contributed by atoms with Gasteiger partial charge in [-0.2, -0.15) is 18.2 Å². The van der Waals surface area contributed by atoms with E-state index in [9.17, 15) is 18.0 Å². The van der Waals surface area contributed by atoms with E-state index in [1.54, 1.807) is 4.90 Å². The molecule has 5 nitrogen and oxygen atoms in total. The molecule has 2 aromatic carbocycles. The van der Waals surface area contributed by atoms with E-state index < -0.39 is 11.7 Å². The van der Waals surface area contributed by atoms with Crippen LogP contribution in [0.1, 0.15) is 34.9 Å². The Hall–Kier alpha value is -3.16. The maximum Gasteiger partial charge on any atom is 0.416 e. The van der Waals surface area contributed by atoms with E-state index in [0.29, 0.717) is 24.5 Å². The fourth-order valence-electron chi connectivity index (χ4n) is 3.41. The molecule has 3 aromatic rings. The van der Waals surface area contributed by atoms with Crippen molar-refractivity contribution in [1.82, 2.24) is 15.0 Å². The van der Waals surface area contributed by atoms with Gasteiger partial charge >= 0.3 is 6.18 Å². The molecule has 1 atom stereocenters. The van der Waals surface area contributed by atoms with Crippen LogP contribution in [0.4, 0.5) is 13.2 Å². The first kappa shape index (κ1) is 19.2. The van der Waals surface area contributed by atoms with Crippen LogP contribution in [0.15, 0.2) is 53.1 Å². The zero-order valence-electron chi connectivity index (χ0n) is 15.6. The number of aryl methyl sites for hydroxylation is 1. The highest BCUT2D eigenvalue weighted by Crippen LogP contribution is 2.32. The molecule has 4 rings (SSSR count). The molecule has 0 aliphatic carbocycles. The highest BCUT2D eigenvalue weighted by molar-refractivity contribution is 5.79. The number of hydrogen-bond donors (Lipinski definition) is 0. The maximum absolute atomic E-state index is 12.7. The van der Waals surface area contributed by atoms with Crippen LogP contribution in [-0.4, -0.2) is 27.5 Å². The molecule has 150 valence electrons. The zero-order valence-corrected chi connectivity index (χ0v) is 15.6. The first-order chi connectivity index (χ1) is 13.8. The fourth-order valence-corrected chi connectivity index (χ4v) is 3.41. The van der Waals surface area contributed by atoms with Crippen molar-refractivity contribution in [2.45, 2.75) is 32.0 Å². The van der Waals surface area contributed by atoms with E-state index in [1.165, 1.54) is 12.1 Å². The summed E-state index contributed by atoms with van der Waals surface area (Å²) in [6, 6.07) is 12.5. The molecule has 0 N–H and O–H groups in total. The third kappa shape index (κ3) is 4.01. The van der Waals surface area contributed by atoms with E-state index in [0.717, 1.165) is 23.3 Å². The van der Waals surface area contributed by atoms with Gasteiger partial charge in [-0.1, -0.05) is 41.6 Å². The number of rotatable bonds is 4. The average Bonchev–Trinajstić information content (AvgIpc) is 3.30. The number of carbonyl (C=O) groups is 1. The molecule has 1 unspecified atom stereocenters. The van der Waals surface area contributed by atoms with Gasteiger partial charge < -0.3 is 9.42 Å². The summed E-state index contributed by atoms with van der Waals surface area (Å²) in [4.78, 5) is 18.5. The minimum absolute atomic E-state index is 0.00698. The van der Waals surface area contributed by atoms with Crippen molar-refractivity contribution >= 4 is 5.91 Å². The van der Waals surface area contributed by atoms with Crippen LogP contribution in [0.3, 0.4) is 0 Å². The molecule has 1 aliphatic heterocycles. The van der Waals surface area contributed by atoms with E-state index in [-0.39, 0.29) is 24.1 Å². The summed E-state index contributed by atoms with van der Waals surface area (Å²) < 4.78 is 43.4. The van der Waals surface area contributed by atoms with Gasteiger partial charge in [0.25, 0.3) is 0 Å². The molecule has 0 radical (unpaired) electrons. The van der Waals surface area contributed by atoms with Gasteiger partial charge in [-0.05, 0) is 30.2 Å². The lowest BCUT2D eigenvalue weighted by atomic mass is 10.1. The highest BCUT2D eigenvalue weighted by Gasteiger charge is 2.34. The maximum atomic E-state index is 12.7. The summed E-state index contributed by atoms with van der Waals surface area (Å²) in [6.45, 7) is 2.98. The van der Waals surface area contributed by atoms with Gasteiger partial charge in [0.15, 0.2) is 0 Å². The number of benzene rings is 2. The third-order valence-corrected chi connectivity index (χ3v) is 5.10. The number of halogens is 3. The predicted molar refractivity (Wildman–Crippen MR) is 98.7 cm³/mol. The Morgan fingerprint density at radius 3 is 2.55 bits per heavy atom. The lowest BCUT2D eigenvalue weighted by Gasteiger charge is -2.17. The first-order valence-electron chi connectivity index (χ1n) is 9.15. The molecular weight excluding hydrogens is 383 g/mol. The van der Waals surface area contributed by atoms with Crippen molar-refractivity contribution in [3.63, 3.8) is 0 Å². The molecule has 1 amide bonds. The zero-order chi connectivity index (χ0) is 20.6. The molecule has 1 saturated heterocycles. The number of hydrogen-bond acceptors (Lipinski definition) is 4. The SMILES string of the molecule is Cc1ccccc1CN1CC(c2nc(-c3ccc(C(F)(F)F)cc3)no2)CC1=O. The first-order valence-corrected chi connectivity index (χ1v) is 9.15. The Morgan fingerprint density at radius 1 is 1.14 bits per heavy atom. The van der Waals surface area contributed by atoms with Crippen molar-refractivity contribution < 1.29 is 22.5 Å². The van der Waals surface area contributed by atoms with Gasteiger partial charge in [0.05, 0.1) is 11.5 Å². The summed E-state index contributed by atoms with van der Waals surface area (Å²) in [5.74, 6) is 0.300. The van der Waals surface area contributed by atoms with Gasteiger partial charge in [-0.3, -0.25) is 4.79 Å². The van der Waals surface area contributed by atoms with Crippen LogP contribution in [0, 0.1) is 6.92 Å². The second-order valence-corrected chi connectivity index (χ2v) is 7.13. The summed E-state index contributed by atoms with van der Waals surface area (Å²) in [5, 5.41) is 3.87. The van der Waals surface area contributed by atoms with Gasteiger partial charge in [0, 0.05) is 25.1 Å². The van der Waals surface area contributed by atoms with Crippen LogP contribution < -0.4 is 0 Å². The third-order valence-electron chi connectivity index (χ3n) is 5.10. The van der Waals surface area contributed by atoms with E-state index in [4.69, 9.17) is 4.52 Å². The molecule has 1 aromatic heterocycles. The molecule has 1 aliphatic rings. The summed E-state index contributed by atoms with van der Waals surface area (Å²) >= 11 is 0. The van der Waals surface area contributed by atoms with Gasteiger partial charge in [-0.15, -0.1) is 0 Å². The lowest BCUT2D eigenvalue weighted by Crippen LogP contribution is -2.24. The van der Waals surface area contributed by atoms with Crippen molar-refractivity contribution in [2.75, 3.05) is 6.54 Å². The largest absolute Gasteiger partial charge is 0.416 e. The Labute approximate surface area is 165 Å². The fraction of sp³-hybridized carbons (Fsp3) is 0.286. The second kappa shape index (κ2) is 7.35. The number of carbonyl (C=O) groups excluding carboxylic acids is 1. The highest BCUT2D eigenvalue weighted by atomic mass is 19.4. The Morgan fingerprint density at radius 2 is 1.86 bits per heavy atom. The van der Waals surface area contributed by atoms with Crippen molar-refractivity contribution in [3.05, 3.63) is 71.1 Å². The minimum atomic E-state index is -4.40. The van der Waals surface area contributed by atoms with E-state index in [2.05, 4.69) is 10.1 Å². The average molecular weight is 401 g/mol. The number of likely N-dealkylation sites (tertiary alicyclic amines) is 1. The number of amides is 1. The normalized spacial score (nSPS) is 17.2. The van der Waals surface area contributed by atoms with Crippen molar-refractivity contribution in [1.29, 1.82) is 0 Å². The Kier molecular flexibility index (Phi) is 4.86. The molecule has 0 spiro atoms. The number of alkyl halides is 3. The van der Waals surface area contributed by atoms with Crippen molar-refractivity contribution in [3.8, 4) is 11.4 Å². The smallest absolute Gasteiger partial charge is 0.339 e. The molecule has 29 heavy (non-hydrogen) atoms. The van der Waals surface area contributed by atoms with Crippen LogP contribution in [-0.2, 0) is 17.5 Å². The molecular formula is C21H18F3N3O2. The topological polar surface area (TPSA) is 59.2 Å². The summed E-state index contributed by atoms with van der Waals surface area (Å²) in [7, 11) is 0. The van der Waals surface area contributed by atoms with Crippen LogP contribution in [0.5, 0.6) is 0 Å². The molecule has 1 fully saturated rings. The van der Waals surface area contributed by atoms with Gasteiger partial charge in [-0.25, -0.2) is 0 Å². The van der Waals surface area contributed by atoms with Crippen LogP contribution in [0.2, 0.25) is 0 Å². The number of aromatic nitrogens is 2. The monoisotopic (exact) mass is 401 g/mol. The standard InChI is InChI=1S/C21H18F3N3O2/c1-13-4-2-3-5-15(13)11-27-12-16(10-18(27)28)20-25-19(26-29-20)14-6-8-17(9-7-14)21(22,23)24/h2-9,16H,10-12H2,1H3. The molecule has 8 heteroatoms. The lowest BCUT2D eigenvalue weighted by molar-refractivity contribution is -0.137. The summed E-state index contributed by atoms with van der Waals surface area (Å²) in [6.07, 6.45) is -4.13. The second-order valence-electron chi connectivity index (χ2n) is 7.13. The molecule has 0 bridgehead atoms. The molecule has 2 heterocycles. The Bertz CT molecular complexity index is 1030.